The Morgan fingerprint density at radius 2 is 0.701 bits per heavy atom. The zero-order valence-corrected chi connectivity index (χ0v) is 47.5. The molecule has 0 N–H and O–H groups in total. The minimum Gasteiger partial charge on any atom is -0.491 e. The van der Waals surface area contributed by atoms with Crippen LogP contribution in [0.2, 0.25) is 0 Å². The summed E-state index contributed by atoms with van der Waals surface area (Å²) in [6.45, 7) is 12.4. The molecule has 2 aliphatic rings. The lowest BCUT2D eigenvalue weighted by Crippen LogP contribution is -2.29. The van der Waals surface area contributed by atoms with Gasteiger partial charge in [0.25, 0.3) is 0 Å². The van der Waals surface area contributed by atoms with Gasteiger partial charge in [0.05, 0.1) is 75.9 Å². The van der Waals surface area contributed by atoms with Crippen LogP contribution in [0.25, 0.3) is 28.9 Å². The Labute approximate surface area is 467 Å². The molecule has 0 saturated heterocycles. The minimum absolute atomic E-state index is 0.422. The van der Waals surface area contributed by atoms with E-state index in [1.807, 2.05) is 12.1 Å². The lowest BCUT2D eigenvalue weighted by Gasteiger charge is -2.34. The number of thiophene rings is 4. The molecule has 14 heteroatoms. The Morgan fingerprint density at radius 1 is 0.390 bits per heavy atom. The molecule has 0 saturated carbocycles. The van der Waals surface area contributed by atoms with Gasteiger partial charge in [-0.15, -0.1) is 45.3 Å². The molecule has 4 aromatic carbocycles. The van der Waals surface area contributed by atoms with Crippen LogP contribution in [-0.2, 0) is 29.8 Å². The molecule has 402 valence electrons. The molecule has 0 radical (unpaired) electrons. The third-order valence-corrected chi connectivity index (χ3v) is 19.3. The van der Waals surface area contributed by atoms with Crippen molar-refractivity contribution in [3.05, 3.63) is 163 Å². The molecule has 2 aliphatic carbocycles. The maximum absolute atomic E-state index is 12.9. The van der Waals surface area contributed by atoms with Crippen molar-refractivity contribution in [2.75, 3.05) is 79.8 Å². The summed E-state index contributed by atoms with van der Waals surface area (Å²) in [4.78, 5) is 31.6. The third kappa shape index (κ3) is 10.7. The molecule has 0 aliphatic heterocycles. The van der Waals surface area contributed by atoms with Gasteiger partial charge in [-0.2, -0.15) is 0 Å². The highest BCUT2D eigenvalue weighted by Crippen LogP contribution is 2.70. The molecule has 8 aromatic rings. The molecule has 10 rings (SSSR count). The molecular formula is C63H66O10S4. The second-order valence-corrected chi connectivity index (χ2v) is 23.4. The fraction of sp³-hybridized carbons (Fsp3) is 0.365. The number of carbonyl (C=O) groups excluding carboxylic acids is 2. The van der Waals surface area contributed by atoms with Crippen molar-refractivity contribution in [2.45, 2.75) is 70.1 Å². The maximum Gasteiger partial charge on any atom is 0.160 e. The number of hydrogen-bond acceptors (Lipinski definition) is 14. The lowest BCUT2D eigenvalue weighted by molar-refractivity contribution is 0.0980. The van der Waals surface area contributed by atoms with Crippen molar-refractivity contribution >= 4 is 67.3 Å². The number of rotatable bonds is 31. The summed E-state index contributed by atoms with van der Waals surface area (Å²) in [6, 6.07) is 38.0. The van der Waals surface area contributed by atoms with Gasteiger partial charge in [0.1, 0.15) is 49.4 Å². The predicted octanol–water partition coefficient (Wildman–Crippen LogP) is 15.0. The number of ether oxygens (including phenoxy) is 8. The van der Waals surface area contributed by atoms with Crippen molar-refractivity contribution in [3.8, 4) is 42.5 Å². The first-order valence-corrected chi connectivity index (χ1v) is 30.2. The van der Waals surface area contributed by atoms with Crippen LogP contribution in [0, 0.1) is 0 Å². The van der Waals surface area contributed by atoms with Crippen LogP contribution in [0.5, 0.6) is 23.0 Å². The highest BCUT2D eigenvalue weighted by molar-refractivity contribution is 7.34. The average molecular weight is 1110 g/mol. The van der Waals surface area contributed by atoms with Crippen molar-refractivity contribution in [1.82, 2.24) is 0 Å². The van der Waals surface area contributed by atoms with Crippen molar-refractivity contribution in [1.29, 1.82) is 0 Å². The fourth-order valence-electron chi connectivity index (χ4n) is 10.7. The van der Waals surface area contributed by atoms with Crippen LogP contribution in [0.3, 0.4) is 0 Å². The number of unbranched alkanes of at least 4 members (excludes halogenated alkanes) is 3. The molecule has 0 spiro atoms. The average Bonchev–Trinajstić information content (AvgIpc) is 4.13. The van der Waals surface area contributed by atoms with E-state index in [1.54, 1.807) is 52.5 Å². The van der Waals surface area contributed by atoms with E-state index in [1.165, 1.54) is 15.8 Å². The Morgan fingerprint density at radius 3 is 0.987 bits per heavy atom. The summed E-state index contributed by atoms with van der Waals surface area (Å²) in [5.74, 6) is 3.00. The van der Waals surface area contributed by atoms with Crippen LogP contribution in [0.4, 0.5) is 0 Å². The normalized spacial score (nSPS) is 14.8. The van der Waals surface area contributed by atoms with Crippen molar-refractivity contribution in [3.63, 3.8) is 0 Å². The number of methoxy groups -OCH3 is 1. The quantitative estimate of drug-likeness (QED) is 0.0308. The fourth-order valence-corrected chi connectivity index (χ4v) is 16.2. The number of fused-ring (bicyclic) bond motifs is 9. The van der Waals surface area contributed by atoms with E-state index in [-0.39, 0.29) is 0 Å². The zero-order chi connectivity index (χ0) is 53.2. The van der Waals surface area contributed by atoms with Gasteiger partial charge in [0, 0.05) is 38.1 Å². The first-order valence-electron chi connectivity index (χ1n) is 26.9. The molecule has 0 bridgehead atoms. The lowest BCUT2D eigenvalue weighted by atomic mass is 9.67. The van der Waals surface area contributed by atoms with Gasteiger partial charge in [-0.1, -0.05) is 88.6 Å². The summed E-state index contributed by atoms with van der Waals surface area (Å²) >= 11 is 6.70. The maximum atomic E-state index is 12.9. The molecule has 77 heavy (non-hydrogen) atoms. The Balaban J connectivity index is 1.16. The van der Waals surface area contributed by atoms with E-state index in [0.29, 0.717) is 82.4 Å². The number of aldehydes is 2. The van der Waals surface area contributed by atoms with Crippen LogP contribution in [-0.4, -0.2) is 92.4 Å². The van der Waals surface area contributed by atoms with Crippen LogP contribution in [0.15, 0.2) is 109 Å². The van der Waals surface area contributed by atoms with Gasteiger partial charge < -0.3 is 37.9 Å². The number of benzene rings is 4. The van der Waals surface area contributed by atoms with Gasteiger partial charge in [-0.3, -0.25) is 9.59 Å². The molecule has 0 fully saturated rings. The summed E-state index contributed by atoms with van der Waals surface area (Å²) in [5, 5.41) is 0. The topological polar surface area (TPSA) is 108 Å². The summed E-state index contributed by atoms with van der Waals surface area (Å²) in [7, 11) is 1.67. The molecule has 10 nitrogen and oxygen atoms in total. The predicted molar refractivity (Wildman–Crippen MR) is 312 cm³/mol. The van der Waals surface area contributed by atoms with E-state index in [2.05, 4.69) is 118 Å². The van der Waals surface area contributed by atoms with E-state index in [4.69, 9.17) is 37.9 Å². The standard InChI is InChI=1S/C63H66O10S4/c1-5-8-27-67-31-35-71-47-21-13-43(14-22-47)62(42-11-19-46(20-12-42)70-34-30-66-4)52-38-50(40-64)74-56(52)58-54(62)60-61(76-58)55-59(77-60)57-53(39-51(41-65)75-57)63(55,44-15-23-48(24-16-44)72-36-32-68-28-9-6-2)45-17-25-49(26-18-45)73-37-33-69-29-10-7-3/h11-26,38-41H,5-10,27-37H2,1-4H3. The van der Waals surface area contributed by atoms with E-state index in [0.717, 1.165) is 132 Å². The van der Waals surface area contributed by atoms with Crippen LogP contribution >= 0.6 is 45.3 Å². The van der Waals surface area contributed by atoms with Gasteiger partial charge in [0.2, 0.25) is 0 Å². The molecule has 0 amide bonds. The first-order chi connectivity index (χ1) is 37.9. The SMILES string of the molecule is CCCCOCCOc1ccc(C2(c3ccc(OCCOC)cc3)c3cc(C=O)sc3-c3sc4c5c(sc4c32)-c2sc(C=O)cc2C5(c2ccc(OCCOCCCC)cc2)c2ccc(OCCOCCCC)cc2)cc1. The second kappa shape index (κ2) is 25.4. The van der Waals surface area contributed by atoms with Crippen LogP contribution < -0.4 is 18.9 Å². The summed E-state index contributed by atoms with van der Waals surface area (Å²) in [6.07, 6.45) is 8.24. The molecule has 4 heterocycles. The molecule has 4 aromatic heterocycles. The van der Waals surface area contributed by atoms with E-state index >= 15 is 0 Å². The Kier molecular flexibility index (Phi) is 18.0. The van der Waals surface area contributed by atoms with Gasteiger partial charge in [0.15, 0.2) is 12.6 Å². The summed E-state index contributed by atoms with van der Waals surface area (Å²) < 4.78 is 50.1. The Hall–Kier alpha value is -5.68. The largest absolute Gasteiger partial charge is 0.491 e. The van der Waals surface area contributed by atoms with Crippen LogP contribution in [0.1, 0.15) is 123 Å². The highest BCUT2D eigenvalue weighted by atomic mass is 32.1. The first kappa shape index (κ1) is 54.7. The molecular weight excluding hydrogens is 1040 g/mol. The van der Waals surface area contributed by atoms with E-state index in [9.17, 15) is 9.59 Å². The summed E-state index contributed by atoms with van der Waals surface area (Å²) in [5.41, 5.74) is 6.99. The highest BCUT2D eigenvalue weighted by Gasteiger charge is 2.55. The molecule has 1 atom stereocenters. The second-order valence-electron chi connectivity index (χ2n) is 19.2. The van der Waals surface area contributed by atoms with Gasteiger partial charge in [-0.05, 0) is 113 Å². The van der Waals surface area contributed by atoms with Crippen molar-refractivity contribution in [2.24, 2.45) is 0 Å². The third-order valence-electron chi connectivity index (χ3n) is 14.3. The number of hydrogen-bond donors (Lipinski definition) is 0. The molecule has 1 unspecified atom stereocenters. The van der Waals surface area contributed by atoms with Gasteiger partial charge in [-0.25, -0.2) is 0 Å². The van der Waals surface area contributed by atoms with Gasteiger partial charge >= 0.3 is 0 Å². The number of carbonyl (C=O) groups is 2. The Bertz CT molecular complexity index is 3160. The smallest absolute Gasteiger partial charge is 0.160 e. The minimum atomic E-state index is -0.849. The van der Waals surface area contributed by atoms with Crippen molar-refractivity contribution < 1.29 is 47.5 Å². The zero-order valence-electron chi connectivity index (χ0n) is 44.3. The van der Waals surface area contributed by atoms with E-state index < -0.39 is 10.8 Å². The monoisotopic (exact) mass is 1110 g/mol.